The predicted octanol–water partition coefficient (Wildman–Crippen LogP) is 0.302. The smallest absolute Gasteiger partial charge is 0.305 e. The van der Waals surface area contributed by atoms with E-state index in [0.29, 0.717) is 41.0 Å². The first-order valence-electron chi connectivity index (χ1n) is 36.0. The first-order chi connectivity index (χ1) is 53.1. The molecule has 6 aromatic rings. The highest BCUT2D eigenvalue weighted by atomic mass is 19.1. The van der Waals surface area contributed by atoms with Crippen molar-refractivity contribution in [3.8, 4) is 28.0 Å². The molecule has 17 N–H and O–H groups in total. The zero-order valence-corrected chi connectivity index (χ0v) is 62.7. The van der Waals surface area contributed by atoms with Gasteiger partial charge in [0, 0.05) is 68.5 Å². The van der Waals surface area contributed by atoms with Crippen molar-refractivity contribution < 1.29 is 101 Å². The van der Waals surface area contributed by atoms with Crippen molar-refractivity contribution in [2.45, 2.75) is 178 Å². The number of imidazole rings is 1. The van der Waals surface area contributed by atoms with Gasteiger partial charge in [-0.1, -0.05) is 67.6 Å². The number of nitrogens with two attached hydrogens (primary N) is 1. The summed E-state index contributed by atoms with van der Waals surface area (Å²) < 4.78 is 36.5. The van der Waals surface area contributed by atoms with E-state index in [1.807, 2.05) is 50.2 Å². The number of H-pyrrole nitrogens is 1. The number of aliphatic hydroxyl groups is 3. The molecule has 7 rings (SSSR count). The van der Waals surface area contributed by atoms with Gasteiger partial charge in [0.1, 0.15) is 70.8 Å². The average Bonchev–Trinajstić information content (AvgIpc) is 1.61. The molecule has 1 fully saturated rings. The van der Waals surface area contributed by atoms with E-state index in [2.05, 4.69) is 62.8 Å². The number of pyridine rings is 1. The van der Waals surface area contributed by atoms with Gasteiger partial charge in [-0.3, -0.25) is 67.3 Å². The highest BCUT2D eigenvalue weighted by Crippen LogP contribution is 2.33. The lowest BCUT2D eigenvalue weighted by Crippen LogP contribution is -2.67. The number of hydrogen-bond donors (Lipinski definition) is 16. The maximum atomic E-state index is 15.6. The molecule has 11 atom stereocenters. The van der Waals surface area contributed by atoms with Crippen LogP contribution in [0.4, 0.5) is 8.78 Å². The number of carbonyl (C=O) groups is 13. The summed E-state index contributed by atoms with van der Waals surface area (Å²) in [6.45, 7) is 6.02. The fourth-order valence-corrected chi connectivity index (χ4v) is 12.8. The summed E-state index contributed by atoms with van der Waals surface area (Å²) in [5.74, 6) is -17.6. The van der Waals surface area contributed by atoms with Gasteiger partial charge in [0.05, 0.1) is 45.2 Å². The van der Waals surface area contributed by atoms with Crippen molar-refractivity contribution in [3.05, 3.63) is 161 Å². The number of aliphatic hydroxyl groups excluding tert-OH is 3. The summed E-state index contributed by atoms with van der Waals surface area (Å²) >= 11 is 0. The summed E-state index contributed by atoms with van der Waals surface area (Å²) in [5, 5.41) is 72.8. The Labute approximate surface area is 642 Å². The van der Waals surface area contributed by atoms with E-state index >= 15 is 8.78 Å². The van der Waals surface area contributed by atoms with Gasteiger partial charge in [-0.15, -0.1) is 0 Å². The van der Waals surface area contributed by atoms with Gasteiger partial charge < -0.3 is 93.7 Å². The Morgan fingerprint density at radius 3 is 1.94 bits per heavy atom. The first-order valence-corrected chi connectivity index (χ1v) is 36.0. The number of aromatic amines is 1. The molecule has 1 aliphatic rings. The van der Waals surface area contributed by atoms with Crippen LogP contribution in [0.15, 0.2) is 116 Å². The van der Waals surface area contributed by atoms with E-state index in [1.165, 1.54) is 37.7 Å². The number of benzene rings is 4. The van der Waals surface area contributed by atoms with Crippen molar-refractivity contribution in [2.75, 3.05) is 26.8 Å². The predicted molar refractivity (Wildman–Crippen MR) is 398 cm³/mol. The number of nitrogens with zero attached hydrogens (tertiary/aromatic N) is 3. The van der Waals surface area contributed by atoms with E-state index < -0.39 is 193 Å². The van der Waals surface area contributed by atoms with Crippen LogP contribution in [0, 0.1) is 18.6 Å². The van der Waals surface area contributed by atoms with Gasteiger partial charge in [0.2, 0.25) is 65.0 Å². The highest BCUT2D eigenvalue weighted by molar-refractivity contribution is 6.01. The largest absolute Gasteiger partial charge is 0.497 e. The molecule has 4 aromatic carbocycles. The van der Waals surface area contributed by atoms with Crippen LogP contribution in [-0.4, -0.2) is 215 Å². The molecule has 0 radical (unpaired) electrons. The zero-order valence-electron chi connectivity index (χ0n) is 62.7. The van der Waals surface area contributed by atoms with Crippen LogP contribution in [0.2, 0.25) is 0 Å². The van der Waals surface area contributed by atoms with Crippen LogP contribution in [0.1, 0.15) is 107 Å². The quantitative estimate of drug-likeness (QED) is 0.0246. The summed E-state index contributed by atoms with van der Waals surface area (Å²) in [4.78, 5) is 191. The first kappa shape index (κ1) is 87.1. The Kier molecular flexibility index (Phi) is 31.1. The fourth-order valence-electron chi connectivity index (χ4n) is 12.8. The molecule has 600 valence electrons. The molecular formula is C77H94F2N14O19. The van der Waals surface area contributed by atoms with Gasteiger partial charge >= 0.3 is 11.9 Å². The Hall–Kier alpha value is -12.1. The van der Waals surface area contributed by atoms with Crippen molar-refractivity contribution in [1.29, 1.82) is 0 Å². The molecule has 0 saturated carbocycles. The lowest BCUT2D eigenvalue weighted by Gasteiger charge is -2.35. The fraction of sp³-hybridized carbons (Fsp3) is 0.416. The molecule has 11 amide bonds. The molecule has 0 bridgehead atoms. The van der Waals surface area contributed by atoms with Crippen LogP contribution in [-0.2, 0) is 94.4 Å². The van der Waals surface area contributed by atoms with Crippen molar-refractivity contribution in [3.63, 3.8) is 0 Å². The Morgan fingerprint density at radius 2 is 1.32 bits per heavy atom. The minimum Gasteiger partial charge on any atom is -0.497 e. The standard InChI is InChI=1S/C77H94F2N14O19/c1-8-45-32-49(112-7)22-23-51(45)46-19-17-44(18-20-46)31-58(69(105)85-57(67(80)103)33-47-36-81-29-27-52(47)50-14-10-9-13-41(50)2)86-70(106)59(34-64(101)102)87-71(107)60(39-94)88-72(108)65(42(3)95)91-74(110)76(5,35-53-54(78)15-11-16-55(53)79)92-73(109)66(43(4)96)90-61(97)38-83-68(104)56(24-26-63(99)100)89-75(111)77(6)28-12-30-93(77)62(98)25-21-48-37-82-40-84-48/h9-11,13-20,22-23,27,29,32,36-37,40,42-43,56-60,65-66,94-96H,8,12,21,24-26,28,30-31,33-35,38-39H2,1-7H3,(H2,80,103)(H,82,84)(H,83,104)(H,85,105)(H,86,106)(H,87,107)(H,88,108)(H,89,111)(H,90,97)(H,91,110)(H,92,109)(H,99,100)(H,101,102)/t42-,43-,56+,57+,58+,59+,60+,65+,66+,76-,77+/m1/s1. The van der Waals surface area contributed by atoms with E-state index in [1.54, 1.807) is 42.6 Å². The van der Waals surface area contributed by atoms with E-state index in [9.17, 15) is 87.9 Å². The number of primary amides is 1. The van der Waals surface area contributed by atoms with Crippen LogP contribution >= 0.6 is 0 Å². The summed E-state index contributed by atoms with van der Waals surface area (Å²) in [6.07, 6.45) is -0.369. The second-order valence-electron chi connectivity index (χ2n) is 27.6. The lowest BCUT2D eigenvalue weighted by molar-refractivity contribution is -0.145. The average molecular weight is 1560 g/mol. The van der Waals surface area contributed by atoms with Crippen LogP contribution < -0.4 is 58.3 Å². The number of hydrogen-bond acceptors (Lipinski definition) is 19. The number of aryl methyl sites for hydroxylation is 3. The number of aromatic nitrogens is 3. The van der Waals surface area contributed by atoms with Crippen molar-refractivity contribution in [1.82, 2.24) is 67.7 Å². The lowest BCUT2D eigenvalue weighted by atomic mass is 9.89. The number of halogens is 2. The van der Waals surface area contributed by atoms with Gasteiger partial charge in [-0.25, -0.2) is 13.8 Å². The minimum atomic E-state index is -2.67. The molecule has 1 saturated heterocycles. The minimum absolute atomic E-state index is 0.00353. The highest BCUT2D eigenvalue weighted by Gasteiger charge is 2.47. The van der Waals surface area contributed by atoms with Crippen LogP contribution in [0.5, 0.6) is 5.75 Å². The topological polar surface area (TPSA) is 511 Å². The number of methoxy groups -OCH3 is 1. The van der Waals surface area contributed by atoms with Crippen molar-refractivity contribution in [2.24, 2.45) is 5.73 Å². The second kappa shape index (κ2) is 40.0. The number of carboxylic acid groups (broad SMARTS) is 2. The SMILES string of the molecule is CCc1cc(OC)ccc1-c1ccc(C[C@H](NC(=O)[C@H](CC(=O)O)NC(=O)[C@H](CO)NC(=O)[C@@H](NC(=O)[C@@](C)(Cc2c(F)cccc2F)NC(=O)[C@@H](NC(=O)CNC(=O)[C@H](CCC(=O)O)NC(=O)[C@]2(C)CCCN2C(=O)CCc2cnc[nH]2)[C@@H](C)O)[C@@H](C)O)C(=O)N[C@@H](Cc2cnccc2-c2ccccc2C)C(N)=O)cc1. The van der Waals surface area contributed by atoms with Gasteiger partial charge in [0.15, 0.2) is 0 Å². The zero-order chi connectivity index (χ0) is 82.3. The number of ether oxygens (including phenoxy) is 1. The van der Waals surface area contributed by atoms with Gasteiger partial charge in [0.25, 0.3) is 0 Å². The Morgan fingerprint density at radius 1 is 0.679 bits per heavy atom. The van der Waals surface area contributed by atoms with Crippen LogP contribution in [0.25, 0.3) is 22.3 Å². The normalized spacial score (nSPS) is 16.1. The van der Waals surface area contributed by atoms with Gasteiger partial charge in [-0.05, 0) is 142 Å². The molecule has 1 aliphatic heterocycles. The summed E-state index contributed by atoms with van der Waals surface area (Å²) in [6, 6.07) is 10.7. The van der Waals surface area contributed by atoms with Crippen LogP contribution in [0.3, 0.4) is 0 Å². The van der Waals surface area contributed by atoms with E-state index in [4.69, 9.17) is 10.5 Å². The number of carboxylic acids is 2. The number of likely N-dealkylation sites (tertiary alicyclic amines) is 1. The number of amides is 11. The maximum absolute atomic E-state index is 15.6. The molecule has 0 unspecified atom stereocenters. The molecule has 33 nitrogen and oxygen atoms in total. The molecule has 35 heteroatoms. The number of aliphatic carboxylic acids is 2. The molecular weight excluding hydrogens is 1460 g/mol. The number of nitrogens with one attached hydrogen (secondary N) is 10. The van der Waals surface area contributed by atoms with E-state index in [-0.39, 0.29) is 44.6 Å². The maximum Gasteiger partial charge on any atom is 0.305 e. The second-order valence-corrected chi connectivity index (χ2v) is 27.6. The Balaban J connectivity index is 1.07. The monoisotopic (exact) mass is 1560 g/mol. The van der Waals surface area contributed by atoms with E-state index in [0.717, 1.165) is 66.8 Å². The molecule has 3 heterocycles. The molecule has 0 spiro atoms. The number of rotatable bonds is 40. The van der Waals surface area contributed by atoms with Gasteiger partial charge in [-0.2, -0.15) is 0 Å². The summed E-state index contributed by atoms with van der Waals surface area (Å²) in [5.41, 5.74) is 7.45. The third kappa shape index (κ3) is 23.5. The molecule has 0 aliphatic carbocycles. The van der Waals surface area contributed by atoms with Crippen molar-refractivity contribution >= 4 is 76.9 Å². The summed E-state index contributed by atoms with van der Waals surface area (Å²) in [7, 11) is 1.54. The third-order valence-corrected chi connectivity index (χ3v) is 19.2. The molecule has 2 aromatic heterocycles. The number of carbonyl (C=O) groups excluding carboxylic acids is 11. The third-order valence-electron chi connectivity index (χ3n) is 19.2. The Bertz CT molecular complexity index is 4390. The molecule has 112 heavy (non-hydrogen) atoms.